The third-order valence-electron chi connectivity index (χ3n) is 3.37. The van der Waals surface area contributed by atoms with Crippen molar-refractivity contribution in [2.24, 2.45) is 7.05 Å². The molecule has 0 radical (unpaired) electrons. The minimum Gasteiger partial charge on any atom is -0.357 e. The van der Waals surface area contributed by atoms with Crippen molar-refractivity contribution >= 4 is 29.0 Å². The predicted octanol–water partition coefficient (Wildman–Crippen LogP) is 1.12. The van der Waals surface area contributed by atoms with Crippen molar-refractivity contribution in [2.45, 2.75) is 13.3 Å². The zero-order valence-electron chi connectivity index (χ0n) is 12.2. The Bertz CT molecular complexity index is 696. The van der Waals surface area contributed by atoms with Gasteiger partial charge in [0.2, 0.25) is 12.3 Å². The zero-order valence-corrected chi connectivity index (χ0v) is 12.2. The van der Waals surface area contributed by atoms with Gasteiger partial charge in [-0.05, 0) is 24.6 Å². The van der Waals surface area contributed by atoms with Crippen LogP contribution in [0.25, 0.3) is 10.9 Å². The fraction of sp³-hybridized carbons (Fsp3) is 0.357. The summed E-state index contributed by atoms with van der Waals surface area (Å²) in [5.74, 6) is -0.0479. The largest absolute Gasteiger partial charge is 0.357 e. The Morgan fingerprint density at radius 3 is 2.90 bits per heavy atom. The maximum Gasteiger partial charge on any atom is 0.228 e. The van der Waals surface area contributed by atoms with Gasteiger partial charge in [0, 0.05) is 32.4 Å². The number of hydrogen-bond acceptors (Lipinski definition) is 4. The second-order valence-corrected chi connectivity index (χ2v) is 4.92. The summed E-state index contributed by atoms with van der Waals surface area (Å²) >= 11 is 0. The molecule has 0 saturated carbocycles. The van der Waals surface area contributed by atoms with E-state index >= 15 is 0 Å². The molecule has 2 aromatic rings. The highest BCUT2D eigenvalue weighted by Gasteiger charge is 2.15. The first kappa shape index (κ1) is 15.0. The second-order valence-electron chi connectivity index (χ2n) is 4.92. The summed E-state index contributed by atoms with van der Waals surface area (Å²) in [6.45, 7) is 2.08. The number of fused-ring (bicyclic) bond motifs is 1. The van der Waals surface area contributed by atoms with E-state index in [-0.39, 0.29) is 18.1 Å². The normalized spacial score (nSPS) is 10.7. The van der Waals surface area contributed by atoms with Crippen LogP contribution in [0.15, 0.2) is 12.1 Å². The van der Waals surface area contributed by atoms with E-state index in [0.717, 1.165) is 5.52 Å². The molecule has 0 saturated heterocycles. The molecule has 7 heteroatoms. The van der Waals surface area contributed by atoms with Gasteiger partial charge in [-0.15, -0.1) is 0 Å². The average molecular weight is 292 g/mol. The smallest absolute Gasteiger partial charge is 0.228 e. The van der Waals surface area contributed by atoms with Crippen molar-refractivity contribution < 1.29 is 14.0 Å². The van der Waals surface area contributed by atoms with Crippen LogP contribution in [0.3, 0.4) is 0 Å². The summed E-state index contributed by atoms with van der Waals surface area (Å²) in [4.78, 5) is 23.2. The Balaban J connectivity index is 2.27. The summed E-state index contributed by atoms with van der Waals surface area (Å²) < 4.78 is 15.4. The van der Waals surface area contributed by atoms with Crippen molar-refractivity contribution in [3.8, 4) is 0 Å². The highest BCUT2D eigenvalue weighted by atomic mass is 19.1. The molecule has 21 heavy (non-hydrogen) atoms. The van der Waals surface area contributed by atoms with Crippen molar-refractivity contribution in [1.82, 2.24) is 15.1 Å². The lowest BCUT2D eigenvalue weighted by molar-refractivity contribution is -0.125. The molecule has 112 valence electrons. The molecule has 0 spiro atoms. The summed E-state index contributed by atoms with van der Waals surface area (Å²) in [5.41, 5.74) is 1.39. The Morgan fingerprint density at radius 2 is 2.24 bits per heavy atom. The lowest BCUT2D eigenvalue weighted by Gasteiger charge is -2.16. The molecule has 2 rings (SSSR count). The molecular formula is C14H17FN4O2. The van der Waals surface area contributed by atoms with Gasteiger partial charge in [-0.25, -0.2) is 4.39 Å². The third kappa shape index (κ3) is 3.01. The molecule has 6 nitrogen and oxygen atoms in total. The molecule has 1 aromatic heterocycles. The molecule has 0 aliphatic rings. The van der Waals surface area contributed by atoms with E-state index < -0.39 is 0 Å². The molecule has 0 unspecified atom stereocenters. The van der Waals surface area contributed by atoms with Gasteiger partial charge in [-0.3, -0.25) is 19.6 Å². The Labute approximate surface area is 121 Å². The topological polar surface area (TPSA) is 67.2 Å². The van der Waals surface area contributed by atoms with E-state index in [9.17, 15) is 14.0 Å². The lowest BCUT2D eigenvalue weighted by atomic mass is 10.1. The highest BCUT2D eigenvalue weighted by Crippen LogP contribution is 2.27. The number of hydrogen-bond donors (Lipinski definition) is 1. The molecule has 1 heterocycles. The number of nitrogens with zero attached hydrogens (tertiary/aromatic N) is 3. The van der Waals surface area contributed by atoms with Crippen LogP contribution in [0.2, 0.25) is 0 Å². The van der Waals surface area contributed by atoms with Gasteiger partial charge >= 0.3 is 0 Å². The van der Waals surface area contributed by atoms with Crippen molar-refractivity contribution in [2.75, 3.05) is 18.5 Å². The number of anilines is 1. The van der Waals surface area contributed by atoms with Crippen LogP contribution in [0.4, 0.5) is 10.2 Å². The fourth-order valence-electron chi connectivity index (χ4n) is 2.16. The van der Waals surface area contributed by atoms with E-state index in [4.69, 9.17) is 0 Å². The molecule has 0 fully saturated rings. The Morgan fingerprint density at radius 1 is 1.52 bits per heavy atom. The van der Waals surface area contributed by atoms with Crippen LogP contribution in [-0.2, 0) is 16.6 Å². The Kier molecular flexibility index (Phi) is 4.21. The average Bonchev–Trinajstić information content (AvgIpc) is 2.74. The molecule has 0 aliphatic heterocycles. The van der Waals surface area contributed by atoms with Gasteiger partial charge in [-0.1, -0.05) is 0 Å². The summed E-state index contributed by atoms with van der Waals surface area (Å²) in [5, 5.41) is 7.14. The van der Waals surface area contributed by atoms with E-state index in [0.29, 0.717) is 29.7 Å². The van der Waals surface area contributed by atoms with Gasteiger partial charge in [0.05, 0.1) is 5.52 Å². The van der Waals surface area contributed by atoms with Gasteiger partial charge in [0.15, 0.2) is 5.82 Å². The van der Waals surface area contributed by atoms with Crippen LogP contribution in [-0.4, -0.2) is 35.7 Å². The number of aryl methyl sites for hydroxylation is 2. The van der Waals surface area contributed by atoms with Crippen LogP contribution in [0.5, 0.6) is 0 Å². The number of halogens is 1. The number of rotatable bonds is 5. The fourth-order valence-corrected chi connectivity index (χ4v) is 2.16. The number of amides is 2. The molecule has 2 amide bonds. The monoisotopic (exact) mass is 292 g/mol. The lowest BCUT2D eigenvalue weighted by Crippen LogP contribution is -2.28. The molecular weight excluding hydrogens is 275 g/mol. The minimum atomic E-state index is -0.362. The van der Waals surface area contributed by atoms with Gasteiger partial charge in [0.25, 0.3) is 0 Å². The van der Waals surface area contributed by atoms with Crippen LogP contribution in [0.1, 0.15) is 12.0 Å². The van der Waals surface area contributed by atoms with Crippen LogP contribution >= 0.6 is 0 Å². The van der Waals surface area contributed by atoms with E-state index in [1.807, 2.05) is 0 Å². The van der Waals surface area contributed by atoms with Crippen LogP contribution < -0.4 is 10.2 Å². The minimum absolute atomic E-state index is 0.154. The maximum absolute atomic E-state index is 13.8. The molecule has 0 atom stereocenters. The predicted molar refractivity (Wildman–Crippen MR) is 77.5 cm³/mol. The molecule has 0 aliphatic carbocycles. The third-order valence-corrected chi connectivity index (χ3v) is 3.37. The number of carbonyl (C=O) groups is 2. The number of carbonyl (C=O) groups excluding carboxylic acids is 2. The Hall–Kier alpha value is -2.44. The van der Waals surface area contributed by atoms with Gasteiger partial charge in [-0.2, -0.15) is 5.10 Å². The summed E-state index contributed by atoms with van der Waals surface area (Å²) in [6.07, 6.45) is 0.512. The molecule has 0 bridgehead atoms. The summed E-state index contributed by atoms with van der Waals surface area (Å²) in [6, 6.07) is 3.20. The number of benzene rings is 1. The number of imide groups is 1. The first-order valence-electron chi connectivity index (χ1n) is 6.51. The summed E-state index contributed by atoms with van der Waals surface area (Å²) in [7, 11) is 3.56. The van der Waals surface area contributed by atoms with Crippen molar-refractivity contribution in [1.29, 1.82) is 0 Å². The standard InChI is InChI=1S/C14H17FN4O2/c1-9-6-12-10(7-11(9)15)14(17-19(12)3)18(2)5-4-13(21)16-8-20/h6-8H,4-5H2,1-3H3,(H,16,20,21). The number of aromatic nitrogens is 2. The van der Waals surface area contributed by atoms with Gasteiger partial charge in [0.1, 0.15) is 5.82 Å². The van der Waals surface area contributed by atoms with E-state index in [1.165, 1.54) is 6.07 Å². The molecule has 1 N–H and O–H groups in total. The quantitative estimate of drug-likeness (QED) is 0.839. The zero-order chi connectivity index (χ0) is 15.6. The number of nitrogens with one attached hydrogen (secondary N) is 1. The van der Waals surface area contributed by atoms with Crippen molar-refractivity contribution in [3.05, 3.63) is 23.5 Å². The first-order valence-corrected chi connectivity index (χ1v) is 6.51. The van der Waals surface area contributed by atoms with Crippen LogP contribution in [0, 0.1) is 12.7 Å². The highest BCUT2D eigenvalue weighted by molar-refractivity contribution is 5.91. The second kappa shape index (κ2) is 5.90. The van der Waals surface area contributed by atoms with E-state index in [1.54, 1.807) is 36.7 Å². The van der Waals surface area contributed by atoms with Crippen molar-refractivity contribution in [3.63, 3.8) is 0 Å². The van der Waals surface area contributed by atoms with E-state index in [2.05, 4.69) is 10.4 Å². The van der Waals surface area contributed by atoms with Gasteiger partial charge < -0.3 is 4.90 Å². The maximum atomic E-state index is 13.8. The SMILES string of the molecule is Cc1cc2c(cc1F)c(N(C)CCC(=O)NC=O)nn2C. The first-order chi connectivity index (χ1) is 9.93. The molecule has 1 aromatic carbocycles.